The van der Waals surface area contributed by atoms with Gasteiger partial charge in [0.05, 0.1) is 29.0 Å². The molecule has 5 aromatic rings. The number of aryl methyl sites for hydroxylation is 1. The molecule has 6 nitrogen and oxygen atoms in total. The molecule has 206 valence electrons. The highest BCUT2D eigenvalue weighted by Gasteiger charge is 2.34. The summed E-state index contributed by atoms with van der Waals surface area (Å²) in [4.78, 5) is 21.0. The Balaban J connectivity index is 1.35. The fourth-order valence-corrected chi connectivity index (χ4v) is 5.23. The predicted molar refractivity (Wildman–Crippen MR) is 147 cm³/mol. The lowest BCUT2D eigenvalue weighted by molar-refractivity contribution is -0.107. The van der Waals surface area contributed by atoms with Crippen molar-refractivity contribution in [1.29, 1.82) is 5.26 Å². The van der Waals surface area contributed by atoms with Gasteiger partial charge in [0.25, 0.3) is 0 Å². The van der Waals surface area contributed by atoms with Gasteiger partial charge in [-0.2, -0.15) is 9.65 Å². The first-order chi connectivity index (χ1) is 19.8. The van der Waals surface area contributed by atoms with Crippen LogP contribution in [0.1, 0.15) is 54.5 Å². The summed E-state index contributed by atoms with van der Waals surface area (Å²) in [7, 11) is 0. The van der Waals surface area contributed by atoms with Crippen molar-refractivity contribution in [3.05, 3.63) is 101 Å². The van der Waals surface area contributed by atoms with Gasteiger partial charge in [-0.15, -0.1) is 0 Å². The molecule has 0 spiro atoms. The van der Waals surface area contributed by atoms with Gasteiger partial charge in [0, 0.05) is 23.6 Å². The zero-order chi connectivity index (χ0) is 28.7. The number of aromatic amines is 2. The molecule has 1 unspecified atom stereocenters. The minimum atomic E-state index is -1.14. The molecule has 2 aromatic heterocycles. The van der Waals surface area contributed by atoms with E-state index in [0.29, 0.717) is 35.0 Å². The zero-order valence-electron chi connectivity index (χ0n) is 22.1. The van der Waals surface area contributed by atoms with E-state index in [1.54, 1.807) is 19.2 Å². The fourth-order valence-electron chi connectivity index (χ4n) is 5.23. The molecule has 0 amide bonds. The van der Waals surface area contributed by atoms with E-state index in [-0.39, 0.29) is 34.3 Å². The Kier molecular flexibility index (Phi) is 6.62. The van der Waals surface area contributed by atoms with Crippen molar-refractivity contribution in [1.82, 2.24) is 15.0 Å². The van der Waals surface area contributed by atoms with Gasteiger partial charge < -0.3 is 19.5 Å². The molecular weight excluding hydrogens is 529 g/mol. The lowest BCUT2D eigenvalue weighted by Gasteiger charge is -2.21. The summed E-state index contributed by atoms with van der Waals surface area (Å²) < 4.78 is 51.0. The molecule has 2 heterocycles. The summed E-state index contributed by atoms with van der Waals surface area (Å²) in [5.41, 5.74) is 1.64. The molecule has 2 N–H and O–H groups in total. The molecule has 41 heavy (non-hydrogen) atoms. The smallest absolute Gasteiger partial charge is 0.203 e. The highest BCUT2D eigenvalue weighted by atomic mass is 19.2. The third-order valence-electron chi connectivity index (χ3n) is 7.69. The Labute approximate surface area is 233 Å². The van der Waals surface area contributed by atoms with Crippen LogP contribution in [0.4, 0.5) is 13.2 Å². The van der Waals surface area contributed by atoms with Crippen LogP contribution in [0.25, 0.3) is 22.3 Å². The monoisotopic (exact) mass is 554 g/mol. The molecule has 0 saturated heterocycles. The van der Waals surface area contributed by atoms with E-state index < -0.39 is 22.9 Å². The van der Waals surface area contributed by atoms with E-state index in [0.717, 1.165) is 24.7 Å². The Morgan fingerprint density at radius 3 is 2.73 bits per heavy atom. The van der Waals surface area contributed by atoms with Gasteiger partial charge in [0.2, 0.25) is 5.82 Å². The van der Waals surface area contributed by atoms with Gasteiger partial charge in [0.1, 0.15) is 29.1 Å². The summed E-state index contributed by atoms with van der Waals surface area (Å²) in [6.07, 6.45) is 6.48. The van der Waals surface area contributed by atoms with Gasteiger partial charge in [0.15, 0.2) is 11.6 Å². The van der Waals surface area contributed by atoms with Gasteiger partial charge in [-0.25, -0.2) is 13.8 Å². The molecule has 0 radical (unpaired) electrons. The van der Waals surface area contributed by atoms with E-state index in [9.17, 15) is 14.4 Å². The second kappa shape index (κ2) is 10.3. The number of nitrogens with zero attached hydrogens (tertiary/aromatic N) is 2. The quantitative estimate of drug-likeness (QED) is 0.183. The van der Waals surface area contributed by atoms with E-state index in [2.05, 4.69) is 21.0 Å². The van der Waals surface area contributed by atoms with Crippen LogP contribution in [0.3, 0.4) is 0 Å². The Morgan fingerprint density at radius 1 is 1.15 bits per heavy atom. The zero-order valence-corrected chi connectivity index (χ0v) is 22.1. The highest BCUT2D eigenvalue weighted by Crippen LogP contribution is 2.50. The number of ether oxygens (including phenoxy) is 1. The van der Waals surface area contributed by atoms with Crippen LogP contribution in [0, 0.1) is 28.8 Å². The molecule has 3 aromatic carbocycles. The molecule has 0 aliphatic heterocycles. The number of carbonyl (C=O) groups excluding carboxylic acids is 1. The Hall–Kier alpha value is -4.84. The van der Waals surface area contributed by atoms with E-state index in [1.165, 1.54) is 24.4 Å². The number of fused-ring (bicyclic) bond motifs is 1. The molecule has 1 saturated carbocycles. The first-order valence-electron chi connectivity index (χ1n) is 13.3. The fraction of sp³-hybridized carbons (Fsp3) is 0.219. The number of hydrogen-bond donors (Lipinski definition) is 2. The van der Waals surface area contributed by atoms with Crippen molar-refractivity contribution in [2.45, 2.75) is 43.9 Å². The number of H-pyrrole nitrogens is 2. The third kappa shape index (κ3) is 4.65. The number of halogens is 3. The number of aromatic nitrogens is 3. The number of nitrogens with one attached hydrogen (secondary N) is 2. The first-order valence-corrected chi connectivity index (χ1v) is 13.3. The molecule has 9 heteroatoms. The molecule has 1 aliphatic carbocycles. The van der Waals surface area contributed by atoms with Gasteiger partial charge in [-0.3, -0.25) is 0 Å². The van der Waals surface area contributed by atoms with Crippen molar-refractivity contribution < 1.29 is 22.7 Å². The molecule has 1 atom stereocenters. The average Bonchev–Trinajstić information content (AvgIpc) is 3.48. The largest absolute Gasteiger partial charge is 0.454 e. The maximum atomic E-state index is 15.2. The third-order valence-corrected chi connectivity index (χ3v) is 7.69. The SMILES string of the molecule is CC(C#N)(c1cccc(CCC=O)c1)c1cnc(-c2cc(Oc3c(F)c(F)c4[nH]ccc4c3C3CC3)ccc2F)[nH]1. The molecule has 6 rings (SSSR count). The van der Waals surface area contributed by atoms with Crippen molar-refractivity contribution in [2.24, 2.45) is 0 Å². The number of nitriles is 1. The average molecular weight is 555 g/mol. The van der Waals surface area contributed by atoms with Crippen LogP contribution >= 0.6 is 0 Å². The summed E-state index contributed by atoms with van der Waals surface area (Å²) >= 11 is 0. The first kappa shape index (κ1) is 26.4. The minimum Gasteiger partial charge on any atom is -0.454 e. The maximum absolute atomic E-state index is 15.2. The summed E-state index contributed by atoms with van der Waals surface area (Å²) in [5, 5.41) is 10.7. The van der Waals surface area contributed by atoms with Gasteiger partial charge in [-0.05, 0) is 67.5 Å². The molecule has 1 fully saturated rings. The van der Waals surface area contributed by atoms with E-state index in [4.69, 9.17) is 4.74 Å². The number of benzene rings is 3. The second-order valence-electron chi connectivity index (χ2n) is 10.4. The minimum absolute atomic E-state index is 0.0466. The van der Waals surface area contributed by atoms with Crippen molar-refractivity contribution in [3.8, 4) is 29.0 Å². The molecule has 1 aliphatic rings. The molecular formula is C32H25F3N4O2. The second-order valence-corrected chi connectivity index (χ2v) is 10.4. The lowest BCUT2D eigenvalue weighted by atomic mass is 9.80. The van der Waals surface area contributed by atoms with Crippen LogP contribution in [-0.4, -0.2) is 21.2 Å². The number of aldehydes is 1. The number of carbonyl (C=O) groups is 1. The van der Waals surface area contributed by atoms with Crippen LogP contribution < -0.4 is 4.74 Å². The number of imidazole rings is 1. The normalized spacial score (nSPS) is 14.5. The van der Waals surface area contributed by atoms with Crippen molar-refractivity contribution in [3.63, 3.8) is 0 Å². The number of hydrogen-bond acceptors (Lipinski definition) is 4. The topological polar surface area (TPSA) is 94.6 Å². The van der Waals surface area contributed by atoms with Crippen LogP contribution in [0.15, 0.2) is 60.9 Å². The van der Waals surface area contributed by atoms with Crippen LogP contribution in [0.2, 0.25) is 0 Å². The van der Waals surface area contributed by atoms with Crippen LogP contribution in [0.5, 0.6) is 11.5 Å². The van der Waals surface area contributed by atoms with Crippen molar-refractivity contribution in [2.75, 3.05) is 0 Å². The van der Waals surface area contributed by atoms with E-state index >= 15 is 8.78 Å². The Bertz CT molecular complexity index is 1830. The maximum Gasteiger partial charge on any atom is 0.203 e. The summed E-state index contributed by atoms with van der Waals surface area (Å²) in [6, 6.07) is 15.3. The highest BCUT2D eigenvalue weighted by molar-refractivity contribution is 5.87. The van der Waals surface area contributed by atoms with Crippen molar-refractivity contribution >= 4 is 17.2 Å². The van der Waals surface area contributed by atoms with Gasteiger partial charge in [-0.1, -0.05) is 24.3 Å². The molecule has 0 bridgehead atoms. The lowest BCUT2D eigenvalue weighted by Crippen LogP contribution is -2.22. The number of rotatable bonds is 9. The summed E-state index contributed by atoms with van der Waals surface area (Å²) in [6.45, 7) is 1.73. The summed E-state index contributed by atoms with van der Waals surface area (Å²) in [5.74, 6) is -2.64. The van der Waals surface area contributed by atoms with E-state index in [1.807, 2.05) is 24.3 Å². The van der Waals surface area contributed by atoms with Gasteiger partial charge >= 0.3 is 0 Å². The predicted octanol–water partition coefficient (Wildman–Crippen LogP) is 7.61. The van der Waals surface area contributed by atoms with Crippen LogP contribution in [-0.2, 0) is 16.6 Å². The Morgan fingerprint density at radius 2 is 1.98 bits per heavy atom. The standard InChI is InChI=1S/C32H25F3N4O2/c1-32(17-36,20-6-2-4-18(14-20)5-3-13-40)25-16-38-31(39-25)23-15-21(9-10-24(23)33)41-30-26(19-7-8-19)22-11-12-37-29(22)27(34)28(30)35/h2,4,6,9-16,19,37H,3,5,7-8H2,1H3,(H,38,39).